The standard InChI is InChI=1S/C9H9N3O5/c1-17-9(14)11-10-8(13)6-4-2-3-5-7(6)12(15)16/h2-5H,1H3,(H,10,13)(H,11,14). The number of nitrogens with zero attached hydrogens (tertiary/aromatic N) is 1. The Labute approximate surface area is 95.7 Å². The first-order valence-corrected chi connectivity index (χ1v) is 4.44. The molecule has 0 unspecified atom stereocenters. The largest absolute Gasteiger partial charge is 0.452 e. The Morgan fingerprint density at radius 1 is 1.29 bits per heavy atom. The highest BCUT2D eigenvalue weighted by Gasteiger charge is 2.19. The van der Waals surface area contributed by atoms with Gasteiger partial charge in [0.15, 0.2) is 0 Å². The molecule has 0 atom stereocenters. The van der Waals surface area contributed by atoms with Crippen LogP contribution < -0.4 is 10.9 Å². The number of amides is 2. The lowest BCUT2D eigenvalue weighted by Crippen LogP contribution is -2.41. The van der Waals surface area contributed by atoms with Crippen molar-refractivity contribution in [1.82, 2.24) is 10.9 Å². The van der Waals surface area contributed by atoms with Crippen molar-refractivity contribution in [3.05, 3.63) is 39.9 Å². The number of carbonyl (C=O) groups excluding carboxylic acids is 2. The highest BCUT2D eigenvalue weighted by atomic mass is 16.6. The minimum absolute atomic E-state index is 0.158. The number of nitrogens with one attached hydrogen (secondary N) is 2. The molecule has 0 aromatic heterocycles. The minimum Gasteiger partial charge on any atom is -0.452 e. The molecule has 0 heterocycles. The van der Waals surface area contributed by atoms with Gasteiger partial charge in [-0.3, -0.25) is 20.3 Å². The van der Waals surface area contributed by atoms with Gasteiger partial charge in [-0.05, 0) is 6.07 Å². The zero-order valence-electron chi connectivity index (χ0n) is 8.80. The fourth-order valence-corrected chi connectivity index (χ4v) is 1.05. The van der Waals surface area contributed by atoms with E-state index in [9.17, 15) is 19.7 Å². The molecule has 1 aromatic rings. The molecule has 1 rings (SSSR count). The van der Waals surface area contributed by atoms with Crippen LogP contribution in [0.4, 0.5) is 10.5 Å². The van der Waals surface area contributed by atoms with Crippen LogP contribution in [0.3, 0.4) is 0 Å². The van der Waals surface area contributed by atoms with Crippen LogP contribution in [0.2, 0.25) is 0 Å². The highest BCUT2D eigenvalue weighted by molar-refractivity contribution is 5.98. The molecule has 2 N–H and O–H groups in total. The summed E-state index contributed by atoms with van der Waals surface area (Å²) in [4.78, 5) is 32.1. The molecule has 90 valence electrons. The lowest BCUT2D eigenvalue weighted by Gasteiger charge is -2.05. The third kappa shape index (κ3) is 3.16. The normalized spacial score (nSPS) is 9.24. The van der Waals surface area contributed by atoms with E-state index >= 15 is 0 Å². The SMILES string of the molecule is COC(=O)NNC(=O)c1ccccc1[N+](=O)[O-]. The van der Waals surface area contributed by atoms with Gasteiger partial charge in [-0.2, -0.15) is 0 Å². The Kier molecular flexibility index (Phi) is 3.98. The summed E-state index contributed by atoms with van der Waals surface area (Å²) in [6, 6.07) is 5.36. The van der Waals surface area contributed by atoms with Gasteiger partial charge < -0.3 is 4.74 Å². The number of hydrogen-bond donors (Lipinski definition) is 2. The second kappa shape index (κ2) is 5.45. The molecule has 0 aliphatic carbocycles. The van der Waals surface area contributed by atoms with Crippen molar-refractivity contribution in [2.24, 2.45) is 0 Å². The number of nitro groups is 1. The van der Waals surface area contributed by atoms with Crippen LogP contribution in [0.1, 0.15) is 10.4 Å². The van der Waals surface area contributed by atoms with E-state index in [1.165, 1.54) is 24.3 Å². The number of methoxy groups -OCH3 is 1. The molecular formula is C9H9N3O5. The number of nitro benzene ring substituents is 1. The van der Waals surface area contributed by atoms with Crippen molar-refractivity contribution >= 4 is 17.7 Å². The summed E-state index contributed by atoms with van der Waals surface area (Å²) in [5, 5.41) is 10.6. The van der Waals surface area contributed by atoms with Gasteiger partial charge >= 0.3 is 6.09 Å². The molecule has 0 saturated carbocycles. The number of rotatable bonds is 2. The van der Waals surface area contributed by atoms with E-state index in [4.69, 9.17) is 0 Å². The van der Waals surface area contributed by atoms with Crippen molar-refractivity contribution < 1.29 is 19.2 Å². The molecule has 0 aliphatic heterocycles. The second-order valence-electron chi connectivity index (χ2n) is 2.84. The van der Waals surface area contributed by atoms with Crippen molar-refractivity contribution in [3.63, 3.8) is 0 Å². The van der Waals surface area contributed by atoms with Crippen LogP contribution in [-0.4, -0.2) is 24.0 Å². The summed E-state index contributed by atoms with van der Waals surface area (Å²) in [5.41, 5.74) is 3.38. The lowest BCUT2D eigenvalue weighted by atomic mass is 10.2. The van der Waals surface area contributed by atoms with E-state index in [0.717, 1.165) is 7.11 Å². The first-order chi connectivity index (χ1) is 8.06. The molecule has 0 fully saturated rings. The van der Waals surface area contributed by atoms with E-state index in [2.05, 4.69) is 4.74 Å². The molecule has 0 radical (unpaired) electrons. The van der Waals surface area contributed by atoms with Crippen LogP contribution in [0.15, 0.2) is 24.3 Å². The van der Waals surface area contributed by atoms with E-state index in [1.54, 1.807) is 0 Å². The Balaban J connectivity index is 2.82. The molecule has 0 aliphatic rings. The fraction of sp³-hybridized carbons (Fsp3) is 0.111. The fourth-order valence-electron chi connectivity index (χ4n) is 1.05. The topological polar surface area (TPSA) is 111 Å². The quantitative estimate of drug-likeness (QED) is 0.579. The number of hydrazine groups is 1. The third-order valence-corrected chi connectivity index (χ3v) is 1.81. The molecule has 0 spiro atoms. The maximum absolute atomic E-state index is 11.5. The van der Waals surface area contributed by atoms with Crippen molar-refractivity contribution in [3.8, 4) is 0 Å². The van der Waals surface area contributed by atoms with Gasteiger partial charge in [-0.15, -0.1) is 0 Å². The lowest BCUT2D eigenvalue weighted by molar-refractivity contribution is -0.385. The number of carbonyl (C=O) groups is 2. The van der Waals surface area contributed by atoms with Crippen LogP contribution in [0, 0.1) is 10.1 Å². The summed E-state index contributed by atoms with van der Waals surface area (Å²) in [6.07, 6.45) is -0.878. The summed E-state index contributed by atoms with van der Waals surface area (Å²) in [5.74, 6) is -0.803. The van der Waals surface area contributed by atoms with Gasteiger partial charge in [-0.25, -0.2) is 10.2 Å². The van der Waals surface area contributed by atoms with Crippen LogP contribution in [-0.2, 0) is 4.74 Å². The van der Waals surface area contributed by atoms with Gasteiger partial charge in [0.1, 0.15) is 5.56 Å². The molecule has 8 heteroatoms. The number of hydrogen-bond acceptors (Lipinski definition) is 5. The number of ether oxygens (including phenoxy) is 1. The van der Waals surface area contributed by atoms with Crippen molar-refractivity contribution in [2.45, 2.75) is 0 Å². The average Bonchev–Trinajstić information content (AvgIpc) is 2.35. The summed E-state index contributed by atoms with van der Waals surface area (Å²) in [7, 11) is 1.12. The Hall–Kier alpha value is -2.64. The average molecular weight is 239 g/mol. The Morgan fingerprint density at radius 3 is 2.53 bits per heavy atom. The Bertz CT molecular complexity index is 460. The molecule has 1 aromatic carbocycles. The van der Waals surface area contributed by atoms with Crippen LogP contribution >= 0.6 is 0 Å². The maximum Gasteiger partial charge on any atom is 0.425 e. The van der Waals surface area contributed by atoms with Gasteiger partial charge in [0.2, 0.25) is 0 Å². The summed E-state index contributed by atoms with van der Waals surface area (Å²) >= 11 is 0. The molecule has 0 saturated heterocycles. The first kappa shape index (κ1) is 12.4. The predicted molar refractivity (Wildman–Crippen MR) is 56.1 cm³/mol. The highest BCUT2D eigenvalue weighted by Crippen LogP contribution is 2.16. The van der Waals surface area contributed by atoms with Crippen LogP contribution in [0.5, 0.6) is 0 Å². The summed E-state index contributed by atoms with van der Waals surface area (Å²) in [6.45, 7) is 0. The van der Waals surface area contributed by atoms with Gasteiger partial charge in [0.05, 0.1) is 12.0 Å². The third-order valence-electron chi connectivity index (χ3n) is 1.81. The van der Waals surface area contributed by atoms with E-state index in [1.807, 2.05) is 10.9 Å². The number of para-hydroxylation sites is 1. The zero-order valence-corrected chi connectivity index (χ0v) is 8.80. The molecular weight excluding hydrogens is 230 g/mol. The monoisotopic (exact) mass is 239 g/mol. The first-order valence-electron chi connectivity index (χ1n) is 4.44. The van der Waals surface area contributed by atoms with E-state index in [0.29, 0.717) is 0 Å². The molecule has 17 heavy (non-hydrogen) atoms. The predicted octanol–water partition coefficient (Wildman–Crippen LogP) is 0.596. The Morgan fingerprint density at radius 2 is 1.94 bits per heavy atom. The van der Waals surface area contributed by atoms with Gasteiger partial charge in [-0.1, -0.05) is 12.1 Å². The van der Waals surface area contributed by atoms with Crippen LogP contribution in [0.25, 0.3) is 0 Å². The van der Waals surface area contributed by atoms with Crippen molar-refractivity contribution in [2.75, 3.05) is 7.11 Å². The molecule has 8 nitrogen and oxygen atoms in total. The smallest absolute Gasteiger partial charge is 0.425 e. The summed E-state index contributed by atoms with van der Waals surface area (Å²) < 4.78 is 4.22. The maximum atomic E-state index is 11.5. The zero-order chi connectivity index (χ0) is 12.8. The molecule has 0 bridgehead atoms. The van der Waals surface area contributed by atoms with Crippen molar-refractivity contribution in [1.29, 1.82) is 0 Å². The van der Waals surface area contributed by atoms with Gasteiger partial charge in [0.25, 0.3) is 11.6 Å². The minimum atomic E-state index is -0.878. The van der Waals surface area contributed by atoms with E-state index in [-0.39, 0.29) is 11.3 Å². The van der Waals surface area contributed by atoms with Gasteiger partial charge in [0, 0.05) is 6.07 Å². The molecule has 2 amide bonds. The second-order valence-corrected chi connectivity index (χ2v) is 2.84. The number of benzene rings is 1. The van der Waals surface area contributed by atoms with E-state index < -0.39 is 16.9 Å².